The van der Waals surface area contributed by atoms with Crippen LogP contribution in [0.5, 0.6) is 0 Å². The van der Waals surface area contributed by atoms with Crippen LogP contribution in [0.4, 0.5) is 0 Å². The van der Waals surface area contributed by atoms with Gasteiger partial charge < -0.3 is 10.0 Å². The van der Waals surface area contributed by atoms with Gasteiger partial charge in [0.1, 0.15) is 0 Å². The summed E-state index contributed by atoms with van der Waals surface area (Å²) in [5.74, 6) is -0.0544. The molecular weight excluding hydrogens is 222 g/mol. The zero-order valence-corrected chi connectivity index (χ0v) is 10.2. The van der Waals surface area contributed by atoms with Gasteiger partial charge in [0.05, 0.1) is 11.9 Å². The van der Waals surface area contributed by atoms with E-state index in [1.807, 2.05) is 30.3 Å². The van der Waals surface area contributed by atoms with E-state index in [1.54, 1.807) is 11.8 Å². The molecule has 0 aliphatic rings. The van der Waals surface area contributed by atoms with Gasteiger partial charge in [0, 0.05) is 13.1 Å². The number of nitrogens with zero attached hydrogens (tertiary/aromatic N) is 1. The van der Waals surface area contributed by atoms with Crippen molar-refractivity contribution in [1.29, 1.82) is 0 Å². The summed E-state index contributed by atoms with van der Waals surface area (Å²) in [5.41, 5.74) is 1.05. The van der Waals surface area contributed by atoms with Gasteiger partial charge in [-0.2, -0.15) is 12.6 Å². The van der Waals surface area contributed by atoms with Crippen LogP contribution in [-0.4, -0.2) is 34.3 Å². The second-order valence-corrected chi connectivity index (χ2v) is 4.42. The first kappa shape index (κ1) is 13.1. The van der Waals surface area contributed by atoms with Crippen LogP contribution >= 0.6 is 12.6 Å². The number of hydrogen-bond donors (Lipinski definition) is 2. The van der Waals surface area contributed by atoms with Gasteiger partial charge in [-0.05, 0) is 12.5 Å². The van der Waals surface area contributed by atoms with Crippen LogP contribution < -0.4 is 0 Å². The van der Waals surface area contributed by atoms with Gasteiger partial charge >= 0.3 is 0 Å². The molecule has 3 nitrogen and oxygen atoms in total. The maximum absolute atomic E-state index is 11.8. The smallest absolute Gasteiger partial charge is 0.235 e. The zero-order chi connectivity index (χ0) is 12.0. The number of aliphatic hydroxyl groups is 1. The molecule has 1 N–H and O–H groups in total. The van der Waals surface area contributed by atoms with E-state index in [2.05, 4.69) is 12.6 Å². The molecule has 1 atom stereocenters. The maximum atomic E-state index is 11.8. The van der Waals surface area contributed by atoms with Gasteiger partial charge in [-0.15, -0.1) is 0 Å². The molecule has 0 aliphatic heterocycles. The molecule has 0 aliphatic carbocycles. The van der Waals surface area contributed by atoms with E-state index in [1.165, 1.54) is 0 Å². The molecule has 0 saturated carbocycles. The third kappa shape index (κ3) is 3.87. The van der Waals surface area contributed by atoms with Crippen molar-refractivity contribution in [2.24, 2.45) is 0 Å². The molecular formula is C12H17NO2S. The van der Waals surface area contributed by atoms with E-state index in [4.69, 9.17) is 5.11 Å². The number of carbonyl (C=O) groups is 1. The average molecular weight is 239 g/mol. The summed E-state index contributed by atoms with van der Waals surface area (Å²) < 4.78 is 0. The number of rotatable bonds is 5. The summed E-state index contributed by atoms with van der Waals surface area (Å²) in [5, 5.41) is 8.59. The molecule has 0 aromatic heterocycles. The molecule has 0 saturated heterocycles. The topological polar surface area (TPSA) is 40.5 Å². The molecule has 16 heavy (non-hydrogen) atoms. The number of hydrogen-bond acceptors (Lipinski definition) is 3. The van der Waals surface area contributed by atoms with E-state index in [0.717, 1.165) is 5.56 Å². The predicted molar refractivity (Wildman–Crippen MR) is 67.4 cm³/mol. The number of aliphatic hydroxyl groups excluding tert-OH is 1. The first-order chi connectivity index (χ1) is 7.65. The van der Waals surface area contributed by atoms with Gasteiger partial charge in [0.2, 0.25) is 5.91 Å². The second kappa shape index (κ2) is 6.55. The van der Waals surface area contributed by atoms with Crippen molar-refractivity contribution in [2.45, 2.75) is 18.7 Å². The standard InChI is InChI=1S/C12H17NO2S/c1-10(16)12(15)13(7-8-14)9-11-5-3-2-4-6-11/h2-6,10,14,16H,7-9H2,1H3. The first-order valence-corrected chi connectivity index (χ1v) is 5.78. The van der Waals surface area contributed by atoms with E-state index in [0.29, 0.717) is 13.1 Å². The Labute approximate surface area is 101 Å². The van der Waals surface area contributed by atoms with Gasteiger partial charge in [-0.1, -0.05) is 30.3 Å². The lowest BCUT2D eigenvalue weighted by Crippen LogP contribution is -2.37. The molecule has 0 heterocycles. The Kier molecular flexibility index (Phi) is 5.35. The fraction of sp³-hybridized carbons (Fsp3) is 0.417. The number of thiol groups is 1. The summed E-state index contributed by atoms with van der Waals surface area (Å²) >= 11 is 4.12. The molecule has 0 bridgehead atoms. The van der Waals surface area contributed by atoms with Crippen LogP contribution in [-0.2, 0) is 11.3 Å². The van der Waals surface area contributed by atoms with Crippen LogP contribution in [0.1, 0.15) is 12.5 Å². The van der Waals surface area contributed by atoms with E-state index >= 15 is 0 Å². The molecule has 1 aromatic carbocycles. The van der Waals surface area contributed by atoms with Crippen molar-refractivity contribution in [2.75, 3.05) is 13.2 Å². The van der Waals surface area contributed by atoms with Crippen LogP contribution in [0.3, 0.4) is 0 Å². The molecule has 1 aromatic rings. The van der Waals surface area contributed by atoms with E-state index in [9.17, 15) is 4.79 Å². The maximum Gasteiger partial charge on any atom is 0.235 e. The first-order valence-electron chi connectivity index (χ1n) is 5.26. The quantitative estimate of drug-likeness (QED) is 0.761. The monoisotopic (exact) mass is 239 g/mol. The molecule has 88 valence electrons. The normalized spacial score (nSPS) is 12.2. The van der Waals surface area contributed by atoms with Crippen LogP contribution in [0.2, 0.25) is 0 Å². The fourth-order valence-corrected chi connectivity index (χ4v) is 1.62. The minimum atomic E-state index is -0.338. The molecule has 0 spiro atoms. The summed E-state index contributed by atoms with van der Waals surface area (Å²) in [7, 11) is 0. The molecule has 4 heteroatoms. The Hall–Kier alpha value is -1.00. The van der Waals surface area contributed by atoms with Crippen molar-refractivity contribution in [1.82, 2.24) is 4.90 Å². The van der Waals surface area contributed by atoms with Crippen molar-refractivity contribution >= 4 is 18.5 Å². The number of amides is 1. The number of benzene rings is 1. The van der Waals surface area contributed by atoms with Gasteiger partial charge in [-0.25, -0.2) is 0 Å². The highest BCUT2D eigenvalue weighted by Gasteiger charge is 2.17. The third-order valence-corrected chi connectivity index (χ3v) is 2.48. The third-order valence-electron chi connectivity index (χ3n) is 2.26. The molecule has 1 unspecified atom stereocenters. The lowest BCUT2D eigenvalue weighted by Gasteiger charge is -2.23. The van der Waals surface area contributed by atoms with Crippen molar-refractivity contribution in [3.05, 3.63) is 35.9 Å². The summed E-state index contributed by atoms with van der Waals surface area (Å²) in [6.45, 7) is 2.57. The Morgan fingerprint density at radius 1 is 1.44 bits per heavy atom. The Morgan fingerprint density at radius 2 is 2.06 bits per heavy atom. The minimum Gasteiger partial charge on any atom is -0.395 e. The largest absolute Gasteiger partial charge is 0.395 e. The SMILES string of the molecule is CC(S)C(=O)N(CCO)Cc1ccccc1. The summed E-state index contributed by atoms with van der Waals surface area (Å²) in [6, 6.07) is 9.72. The number of carbonyl (C=O) groups excluding carboxylic acids is 1. The van der Waals surface area contributed by atoms with Gasteiger partial charge in [-0.3, -0.25) is 4.79 Å². The van der Waals surface area contributed by atoms with Crippen LogP contribution in [0.25, 0.3) is 0 Å². The highest BCUT2D eigenvalue weighted by Crippen LogP contribution is 2.08. The van der Waals surface area contributed by atoms with E-state index < -0.39 is 0 Å². The van der Waals surface area contributed by atoms with Crippen molar-refractivity contribution in [3.8, 4) is 0 Å². The molecule has 0 fully saturated rings. The lowest BCUT2D eigenvalue weighted by atomic mass is 10.2. The molecule has 1 amide bonds. The van der Waals surface area contributed by atoms with Crippen LogP contribution in [0, 0.1) is 0 Å². The second-order valence-electron chi connectivity index (χ2n) is 3.64. The van der Waals surface area contributed by atoms with Gasteiger partial charge in [0.25, 0.3) is 0 Å². The highest BCUT2D eigenvalue weighted by atomic mass is 32.1. The summed E-state index contributed by atoms with van der Waals surface area (Å²) in [6.07, 6.45) is 0. The zero-order valence-electron chi connectivity index (χ0n) is 9.34. The Balaban J connectivity index is 2.68. The molecule has 1 rings (SSSR count). The molecule has 0 radical (unpaired) electrons. The van der Waals surface area contributed by atoms with E-state index in [-0.39, 0.29) is 17.8 Å². The average Bonchev–Trinajstić information content (AvgIpc) is 2.29. The highest BCUT2D eigenvalue weighted by molar-refractivity contribution is 7.81. The fourth-order valence-electron chi connectivity index (χ4n) is 1.46. The predicted octanol–water partition coefficient (Wildman–Crippen LogP) is 1.33. The lowest BCUT2D eigenvalue weighted by molar-refractivity contribution is -0.131. The Morgan fingerprint density at radius 3 is 2.56 bits per heavy atom. The van der Waals surface area contributed by atoms with Gasteiger partial charge in [0.15, 0.2) is 0 Å². The minimum absolute atomic E-state index is 0.0287. The van der Waals surface area contributed by atoms with Crippen LogP contribution in [0.15, 0.2) is 30.3 Å². The van der Waals surface area contributed by atoms with Crippen molar-refractivity contribution in [3.63, 3.8) is 0 Å². The summed E-state index contributed by atoms with van der Waals surface area (Å²) in [4.78, 5) is 13.4. The Bertz CT molecular complexity index is 327. The van der Waals surface area contributed by atoms with Crippen molar-refractivity contribution < 1.29 is 9.90 Å².